The molecule has 0 amide bonds. The van der Waals surface area contributed by atoms with Crippen molar-refractivity contribution in [2.45, 2.75) is 6.42 Å². The lowest BCUT2D eigenvalue weighted by molar-refractivity contribution is 0.0993. The van der Waals surface area contributed by atoms with E-state index in [4.69, 9.17) is 28.9 Å². The summed E-state index contributed by atoms with van der Waals surface area (Å²) >= 11 is 11.8. The molecule has 0 saturated carbocycles. The zero-order chi connectivity index (χ0) is 13.1. The average molecular weight is 280 g/mol. The number of carbonyl (C=O) groups is 1. The molecule has 0 aliphatic rings. The number of nitrogen functional groups attached to an aromatic ring is 1. The molecule has 0 aromatic heterocycles. The summed E-state index contributed by atoms with van der Waals surface area (Å²) in [5.74, 6) is -0.0370. The van der Waals surface area contributed by atoms with E-state index in [0.717, 1.165) is 5.56 Å². The molecule has 2 nitrogen and oxygen atoms in total. The molecule has 4 heteroatoms. The molecule has 0 atom stereocenters. The molecule has 2 rings (SSSR count). The SMILES string of the molecule is Nc1c(Cl)cc(C(=O)Cc2ccccc2)cc1Cl. The molecule has 0 bridgehead atoms. The number of benzene rings is 2. The third-order valence-corrected chi connectivity index (χ3v) is 3.23. The molecule has 0 heterocycles. The van der Waals surface area contributed by atoms with Gasteiger partial charge in [-0.2, -0.15) is 0 Å². The van der Waals surface area contributed by atoms with Gasteiger partial charge in [0.05, 0.1) is 15.7 Å². The first kappa shape index (κ1) is 12.9. The van der Waals surface area contributed by atoms with Crippen LogP contribution in [0, 0.1) is 0 Å². The molecule has 2 aromatic rings. The summed E-state index contributed by atoms with van der Waals surface area (Å²) < 4.78 is 0. The maximum atomic E-state index is 12.1. The number of rotatable bonds is 3. The van der Waals surface area contributed by atoms with Crippen molar-refractivity contribution in [3.63, 3.8) is 0 Å². The molecular formula is C14H11Cl2NO. The van der Waals surface area contributed by atoms with E-state index in [2.05, 4.69) is 0 Å². The van der Waals surface area contributed by atoms with Gasteiger partial charge >= 0.3 is 0 Å². The third-order valence-electron chi connectivity index (χ3n) is 2.61. The van der Waals surface area contributed by atoms with Gasteiger partial charge in [0.2, 0.25) is 0 Å². The summed E-state index contributed by atoms with van der Waals surface area (Å²) in [6.07, 6.45) is 0.317. The first-order valence-electron chi connectivity index (χ1n) is 5.39. The third kappa shape index (κ3) is 2.84. The molecule has 0 radical (unpaired) electrons. The van der Waals surface area contributed by atoms with Crippen molar-refractivity contribution in [3.8, 4) is 0 Å². The maximum absolute atomic E-state index is 12.1. The van der Waals surface area contributed by atoms with Gasteiger partial charge in [-0.05, 0) is 17.7 Å². The zero-order valence-electron chi connectivity index (χ0n) is 9.49. The lowest BCUT2D eigenvalue weighted by atomic mass is 10.0. The highest BCUT2D eigenvalue weighted by molar-refractivity contribution is 6.39. The van der Waals surface area contributed by atoms with E-state index in [1.54, 1.807) is 12.1 Å². The number of hydrogen-bond donors (Lipinski definition) is 1. The maximum Gasteiger partial charge on any atom is 0.167 e. The van der Waals surface area contributed by atoms with Crippen molar-refractivity contribution < 1.29 is 4.79 Å². The second-order valence-electron chi connectivity index (χ2n) is 3.94. The van der Waals surface area contributed by atoms with Crippen LogP contribution in [0.25, 0.3) is 0 Å². The zero-order valence-corrected chi connectivity index (χ0v) is 11.0. The van der Waals surface area contributed by atoms with Gasteiger partial charge in [0.1, 0.15) is 0 Å². The summed E-state index contributed by atoms with van der Waals surface area (Å²) in [6, 6.07) is 12.6. The predicted molar refractivity (Wildman–Crippen MR) is 75.4 cm³/mol. The highest BCUT2D eigenvalue weighted by Gasteiger charge is 2.11. The molecule has 0 fully saturated rings. The van der Waals surface area contributed by atoms with Crippen LogP contribution in [-0.2, 0) is 6.42 Å². The Labute approximate surface area is 115 Å². The van der Waals surface area contributed by atoms with Crippen molar-refractivity contribution in [2.24, 2.45) is 0 Å². The van der Waals surface area contributed by atoms with Crippen molar-refractivity contribution in [1.29, 1.82) is 0 Å². The van der Waals surface area contributed by atoms with E-state index in [1.807, 2.05) is 30.3 Å². The van der Waals surface area contributed by atoms with Gasteiger partial charge in [-0.3, -0.25) is 4.79 Å². The Morgan fingerprint density at radius 3 is 2.17 bits per heavy atom. The first-order chi connectivity index (χ1) is 8.58. The predicted octanol–water partition coefficient (Wildman–Crippen LogP) is 4.00. The van der Waals surface area contributed by atoms with E-state index < -0.39 is 0 Å². The lowest BCUT2D eigenvalue weighted by Gasteiger charge is -2.06. The van der Waals surface area contributed by atoms with Gasteiger partial charge in [-0.1, -0.05) is 53.5 Å². The van der Waals surface area contributed by atoms with Crippen molar-refractivity contribution in [1.82, 2.24) is 0 Å². The number of nitrogens with two attached hydrogens (primary N) is 1. The van der Waals surface area contributed by atoms with E-state index in [0.29, 0.717) is 27.7 Å². The molecule has 0 spiro atoms. The van der Waals surface area contributed by atoms with E-state index in [-0.39, 0.29) is 5.78 Å². The van der Waals surface area contributed by atoms with E-state index in [9.17, 15) is 4.79 Å². The number of anilines is 1. The van der Waals surface area contributed by atoms with Crippen LogP contribution in [0.2, 0.25) is 10.0 Å². The fourth-order valence-electron chi connectivity index (χ4n) is 1.63. The fraction of sp³-hybridized carbons (Fsp3) is 0.0714. The minimum atomic E-state index is -0.0370. The van der Waals surface area contributed by atoms with Crippen LogP contribution >= 0.6 is 23.2 Å². The molecule has 0 aliphatic heterocycles. The lowest BCUT2D eigenvalue weighted by Crippen LogP contribution is -2.04. The number of ketones is 1. The standard InChI is InChI=1S/C14H11Cl2NO/c15-11-7-10(8-12(16)14(11)17)13(18)6-9-4-2-1-3-5-9/h1-5,7-8H,6,17H2. The summed E-state index contributed by atoms with van der Waals surface area (Å²) in [7, 11) is 0. The Hall–Kier alpha value is -1.51. The second kappa shape index (κ2) is 5.42. The van der Waals surface area contributed by atoms with Crippen LogP contribution < -0.4 is 5.73 Å². The van der Waals surface area contributed by atoms with Crippen LogP contribution in [0.5, 0.6) is 0 Å². The Balaban J connectivity index is 2.25. The van der Waals surface area contributed by atoms with Crippen LogP contribution in [0.1, 0.15) is 15.9 Å². The van der Waals surface area contributed by atoms with Crippen LogP contribution in [0.4, 0.5) is 5.69 Å². The average Bonchev–Trinajstić information content (AvgIpc) is 2.36. The normalized spacial score (nSPS) is 10.3. The van der Waals surface area contributed by atoms with E-state index >= 15 is 0 Å². The van der Waals surface area contributed by atoms with Gasteiger partial charge in [0.25, 0.3) is 0 Å². The summed E-state index contributed by atoms with van der Waals surface area (Å²) in [4.78, 5) is 12.1. The van der Waals surface area contributed by atoms with Crippen molar-refractivity contribution in [3.05, 3.63) is 63.6 Å². The molecule has 2 N–H and O–H groups in total. The molecular weight excluding hydrogens is 269 g/mol. The minimum absolute atomic E-state index is 0.0370. The molecule has 18 heavy (non-hydrogen) atoms. The monoisotopic (exact) mass is 279 g/mol. The Morgan fingerprint density at radius 1 is 1.06 bits per heavy atom. The molecule has 2 aromatic carbocycles. The van der Waals surface area contributed by atoms with Gasteiger partial charge in [-0.25, -0.2) is 0 Å². The number of Topliss-reactive ketones (excluding diaryl/α,β-unsaturated/α-hetero) is 1. The van der Waals surface area contributed by atoms with Gasteiger partial charge in [0.15, 0.2) is 5.78 Å². The Kier molecular flexibility index (Phi) is 3.90. The second-order valence-corrected chi connectivity index (χ2v) is 4.75. The summed E-state index contributed by atoms with van der Waals surface area (Å²) in [5, 5.41) is 0.609. The summed E-state index contributed by atoms with van der Waals surface area (Å²) in [6.45, 7) is 0. The largest absolute Gasteiger partial charge is 0.396 e. The Morgan fingerprint density at radius 2 is 1.61 bits per heavy atom. The fourth-order valence-corrected chi connectivity index (χ4v) is 2.12. The van der Waals surface area contributed by atoms with E-state index in [1.165, 1.54) is 0 Å². The number of halogens is 2. The van der Waals surface area contributed by atoms with Gasteiger partial charge in [-0.15, -0.1) is 0 Å². The molecule has 0 saturated heterocycles. The Bertz CT molecular complexity index is 559. The molecule has 0 unspecified atom stereocenters. The highest BCUT2D eigenvalue weighted by Crippen LogP contribution is 2.29. The van der Waals surface area contributed by atoms with Crippen molar-refractivity contribution in [2.75, 3.05) is 5.73 Å². The van der Waals surface area contributed by atoms with Crippen LogP contribution in [0.15, 0.2) is 42.5 Å². The van der Waals surface area contributed by atoms with Gasteiger partial charge in [0, 0.05) is 12.0 Å². The van der Waals surface area contributed by atoms with Crippen LogP contribution in [-0.4, -0.2) is 5.78 Å². The minimum Gasteiger partial charge on any atom is -0.396 e. The quantitative estimate of drug-likeness (QED) is 0.682. The molecule has 0 aliphatic carbocycles. The molecule has 92 valence electrons. The van der Waals surface area contributed by atoms with Crippen LogP contribution in [0.3, 0.4) is 0 Å². The smallest absolute Gasteiger partial charge is 0.167 e. The summed E-state index contributed by atoms with van der Waals surface area (Å²) in [5.41, 5.74) is 7.35. The number of hydrogen-bond acceptors (Lipinski definition) is 2. The number of carbonyl (C=O) groups excluding carboxylic acids is 1. The topological polar surface area (TPSA) is 43.1 Å². The van der Waals surface area contributed by atoms with Crippen molar-refractivity contribution >= 4 is 34.7 Å². The highest BCUT2D eigenvalue weighted by atomic mass is 35.5. The van der Waals surface area contributed by atoms with Gasteiger partial charge < -0.3 is 5.73 Å². The first-order valence-corrected chi connectivity index (χ1v) is 6.15.